The van der Waals surface area contributed by atoms with E-state index in [9.17, 15) is 0 Å². The maximum absolute atomic E-state index is 5.82. The van der Waals surface area contributed by atoms with Gasteiger partial charge in [-0.05, 0) is 47.6 Å². The van der Waals surface area contributed by atoms with Crippen molar-refractivity contribution in [3.63, 3.8) is 0 Å². The van der Waals surface area contributed by atoms with E-state index in [0.717, 1.165) is 17.7 Å². The quantitative estimate of drug-likeness (QED) is 0.581. The molecule has 0 aromatic heterocycles. The van der Waals surface area contributed by atoms with Crippen LogP contribution in [-0.4, -0.2) is 11.9 Å². The molecular weight excluding hydrogens is 355 g/mol. The summed E-state index contributed by atoms with van der Waals surface area (Å²) in [5.41, 5.74) is 0.429. The van der Waals surface area contributed by atoms with Gasteiger partial charge in [-0.15, -0.1) is 0 Å². The summed E-state index contributed by atoms with van der Waals surface area (Å²) in [6.07, 6.45) is 2.59. The maximum Gasteiger partial charge on any atom is 0.132 e. The Morgan fingerprint density at radius 1 is 1.36 bits per heavy atom. The molecule has 0 N–H and O–H groups in total. The molecule has 0 atom stereocenters. The Hall–Kier alpha value is 0.230. The summed E-state index contributed by atoms with van der Waals surface area (Å²) in [4.78, 5) is 0. The van der Waals surface area contributed by atoms with E-state index in [-0.39, 0.29) is 0 Å². The summed E-state index contributed by atoms with van der Waals surface area (Å²) in [6.45, 7) is 0.846. The second-order valence-electron chi connectivity index (χ2n) is 3.85. The normalized spacial score (nSPS) is 17.9. The zero-order chi connectivity index (χ0) is 10.0. The first-order valence-corrected chi connectivity index (χ1v) is 6.89. The molecule has 0 radical (unpaired) electrons. The summed E-state index contributed by atoms with van der Waals surface area (Å²) < 4.78 is 7.01. The molecule has 14 heavy (non-hydrogen) atoms. The van der Waals surface area contributed by atoms with E-state index in [1.54, 1.807) is 0 Å². The van der Waals surface area contributed by atoms with Crippen LogP contribution in [0.4, 0.5) is 0 Å². The highest BCUT2D eigenvalue weighted by Crippen LogP contribution is 2.47. The molecule has 1 nitrogen and oxygen atoms in total. The molecule has 1 aromatic carbocycles. The molecule has 0 unspecified atom stereocenters. The highest BCUT2D eigenvalue weighted by Gasteiger charge is 2.42. The van der Waals surface area contributed by atoms with Gasteiger partial charge in [-0.2, -0.15) is 0 Å². The van der Waals surface area contributed by atoms with Crippen LogP contribution in [0.25, 0.3) is 0 Å². The van der Waals surface area contributed by atoms with Crippen LogP contribution in [0.1, 0.15) is 12.8 Å². The summed E-state index contributed by atoms with van der Waals surface area (Å²) in [7, 11) is 0. The van der Waals surface area contributed by atoms with E-state index in [0.29, 0.717) is 5.41 Å². The molecule has 3 heteroatoms. The Bertz CT molecular complexity index is 323. The predicted octanol–water partition coefficient (Wildman–Crippen LogP) is 3.85. The fourth-order valence-electron chi connectivity index (χ4n) is 1.29. The Balaban J connectivity index is 1.95. The van der Waals surface area contributed by atoms with E-state index in [1.165, 1.54) is 16.4 Å². The average molecular weight is 367 g/mol. The van der Waals surface area contributed by atoms with Crippen LogP contribution in [0, 0.1) is 8.99 Å². The van der Waals surface area contributed by atoms with E-state index in [2.05, 4.69) is 44.6 Å². The van der Waals surface area contributed by atoms with Crippen molar-refractivity contribution >= 4 is 38.5 Å². The molecule has 1 aliphatic rings. The largest absolute Gasteiger partial charge is 0.492 e. The van der Waals surface area contributed by atoms with E-state index < -0.39 is 0 Å². The number of rotatable bonds is 4. The molecule has 1 aliphatic carbocycles. The number of alkyl halides is 1. The van der Waals surface area contributed by atoms with Gasteiger partial charge in [0, 0.05) is 10.7 Å². The molecule has 0 spiro atoms. The SMILES string of the molecule is BrCC1(COc2ccccc2I)CC1. The lowest BCUT2D eigenvalue weighted by molar-refractivity contribution is 0.249. The highest BCUT2D eigenvalue weighted by atomic mass is 127. The van der Waals surface area contributed by atoms with E-state index >= 15 is 0 Å². The fourth-order valence-corrected chi connectivity index (χ4v) is 2.55. The van der Waals surface area contributed by atoms with Crippen LogP contribution in [0.15, 0.2) is 24.3 Å². The number of para-hydroxylation sites is 1. The molecule has 0 amide bonds. The van der Waals surface area contributed by atoms with Gasteiger partial charge in [0.1, 0.15) is 5.75 Å². The van der Waals surface area contributed by atoms with Crippen molar-refractivity contribution in [1.82, 2.24) is 0 Å². The van der Waals surface area contributed by atoms with Crippen molar-refractivity contribution in [1.29, 1.82) is 0 Å². The van der Waals surface area contributed by atoms with Crippen LogP contribution in [-0.2, 0) is 0 Å². The molecule has 0 bridgehead atoms. The minimum absolute atomic E-state index is 0.429. The first-order valence-electron chi connectivity index (χ1n) is 4.69. The summed E-state index contributed by atoms with van der Waals surface area (Å²) in [5, 5.41) is 1.06. The fraction of sp³-hybridized carbons (Fsp3) is 0.455. The molecular formula is C11H12BrIO. The average Bonchev–Trinajstić information content (AvgIpc) is 2.98. The molecule has 0 aliphatic heterocycles. The highest BCUT2D eigenvalue weighted by molar-refractivity contribution is 14.1. The molecule has 2 rings (SSSR count). The third kappa shape index (κ3) is 2.42. The Morgan fingerprint density at radius 3 is 2.64 bits per heavy atom. The smallest absolute Gasteiger partial charge is 0.132 e. The van der Waals surface area contributed by atoms with Crippen LogP contribution < -0.4 is 4.74 Å². The number of ether oxygens (including phenoxy) is 1. The van der Waals surface area contributed by atoms with Crippen LogP contribution >= 0.6 is 38.5 Å². The van der Waals surface area contributed by atoms with Crippen LogP contribution in [0.3, 0.4) is 0 Å². The monoisotopic (exact) mass is 366 g/mol. The number of hydrogen-bond donors (Lipinski definition) is 0. The van der Waals surface area contributed by atoms with Gasteiger partial charge in [0.15, 0.2) is 0 Å². The van der Waals surface area contributed by atoms with Crippen molar-refractivity contribution in [3.05, 3.63) is 27.8 Å². The number of hydrogen-bond acceptors (Lipinski definition) is 1. The molecule has 0 saturated heterocycles. The molecule has 0 heterocycles. The standard InChI is InChI=1S/C11H12BrIO/c12-7-11(5-6-11)8-14-10-4-2-1-3-9(10)13/h1-4H,5-8H2. The van der Waals surface area contributed by atoms with Crippen LogP contribution in [0.5, 0.6) is 5.75 Å². The van der Waals surface area contributed by atoms with Crippen molar-refractivity contribution in [2.24, 2.45) is 5.41 Å². The summed E-state index contributed by atoms with van der Waals surface area (Å²) in [6, 6.07) is 8.16. The van der Waals surface area contributed by atoms with Crippen molar-refractivity contribution < 1.29 is 4.74 Å². The second-order valence-corrected chi connectivity index (χ2v) is 5.58. The number of halogens is 2. The van der Waals surface area contributed by atoms with E-state index in [1.807, 2.05) is 18.2 Å². The summed E-state index contributed by atoms with van der Waals surface area (Å²) in [5.74, 6) is 1.01. The van der Waals surface area contributed by atoms with Crippen LogP contribution in [0.2, 0.25) is 0 Å². The second kappa shape index (κ2) is 4.39. The lowest BCUT2D eigenvalue weighted by Crippen LogP contribution is -2.14. The van der Waals surface area contributed by atoms with Gasteiger partial charge < -0.3 is 4.74 Å². The lowest BCUT2D eigenvalue weighted by atomic mass is 10.2. The predicted molar refractivity (Wildman–Crippen MR) is 70.1 cm³/mol. The third-order valence-electron chi connectivity index (χ3n) is 2.61. The zero-order valence-corrected chi connectivity index (χ0v) is 11.5. The molecule has 76 valence electrons. The molecule has 1 fully saturated rings. The summed E-state index contributed by atoms with van der Waals surface area (Å²) >= 11 is 5.85. The zero-order valence-electron chi connectivity index (χ0n) is 7.80. The van der Waals surface area contributed by atoms with Crippen molar-refractivity contribution in [2.75, 3.05) is 11.9 Å². The minimum Gasteiger partial charge on any atom is -0.492 e. The Morgan fingerprint density at radius 2 is 2.07 bits per heavy atom. The first-order chi connectivity index (χ1) is 6.76. The van der Waals surface area contributed by atoms with Gasteiger partial charge in [0.25, 0.3) is 0 Å². The topological polar surface area (TPSA) is 9.23 Å². The number of benzene rings is 1. The Kier molecular flexibility index (Phi) is 3.37. The Labute approximate surface area is 106 Å². The molecule has 1 saturated carbocycles. The first kappa shape index (κ1) is 10.7. The molecule has 1 aromatic rings. The van der Waals surface area contributed by atoms with Gasteiger partial charge in [-0.3, -0.25) is 0 Å². The van der Waals surface area contributed by atoms with Gasteiger partial charge in [0.2, 0.25) is 0 Å². The van der Waals surface area contributed by atoms with Gasteiger partial charge >= 0.3 is 0 Å². The minimum atomic E-state index is 0.429. The van der Waals surface area contributed by atoms with Gasteiger partial charge in [-0.1, -0.05) is 28.1 Å². The third-order valence-corrected chi connectivity index (χ3v) is 4.69. The van der Waals surface area contributed by atoms with E-state index in [4.69, 9.17) is 4.74 Å². The van der Waals surface area contributed by atoms with Crippen molar-refractivity contribution in [3.8, 4) is 5.75 Å². The lowest BCUT2D eigenvalue weighted by Gasteiger charge is -2.13. The van der Waals surface area contributed by atoms with Gasteiger partial charge in [0.05, 0.1) is 10.2 Å². The maximum atomic E-state index is 5.82. The van der Waals surface area contributed by atoms with Crippen molar-refractivity contribution in [2.45, 2.75) is 12.8 Å². The van der Waals surface area contributed by atoms with Gasteiger partial charge in [-0.25, -0.2) is 0 Å².